The normalized spacial score (nSPS) is 21.7. The highest BCUT2D eigenvalue weighted by atomic mass is 35.5. The first-order valence-corrected chi connectivity index (χ1v) is 13.5. The van der Waals surface area contributed by atoms with E-state index in [1.165, 1.54) is 4.57 Å². The van der Waals surface area contributed by atoms with Crippen molar-refractivity contribution in [1.29, 1.82) is 0 Å². The molecule has 2 aliphatic rings. The number of nitrogens with zero attached hydrogens (tertiary/aromatic N) is 5. The summed E-state index contributed by atoms with van der Waals surface area (Å²) < 4.78 is 58.9. The lowest BCUT2D eigenvalue weighted by atomic mass is 9.89. The van der Waals surface area contributed by atoms with Crippen LogP contribution < -0.4 is 10.9 Å². The molecule has 1 unspecified atom stereocenters. The Balaban J connectivity index is 1.62. The number of carbonyl (C=O) groups is 1. The molecule has 216 valence electrons. The summed E-state index contributed by atoms with van der Waals surface area (Å²) in [4.78, 5) is 35.2. The second-order valence-corrected chi connectivity index (χ2v) is 10.8. The Morgan fingerprint density at radius 2 is 1.88 bits per heavy atom. The molecule has 3 atom stereocenters. The highest BCUT2D eigenvalue weighted by molar-refractivity contribution is 6.31. The average molecular weight is 591 g/mol. The van der Waals surface area contributed by atoms with Crippen molar-refractivity contribution in [3.05, 3.63) is 69.3 Å². The molecule has 0 saturated heterocycles. The molecular formula is C28H27ClF4N6O2. The van der Waals surface area contributed by atoms with E-state index in [0.717, 1.165) is 29.7 Å². The number of rotatable bonds is 2. The van der Waals surface area contributed by atoms with Gasteiger partial charge < -0.3 is 5.32 Å². The van der Waals surface area contributed by atoms with Gasteiger partial charge in [-0.3, -0.25) is 23.8 Å². The molecule has 41 heavy (non-hydrogen) atoms. The van der Waals surface area contributed by atoms with Gasteiger partial charge >= 0.3 is 6.18 Å². The first kappa shape index (κ1) is 28.7. The van der Waals surface area contributed by atoms with E-state index in [1.807, 2.05) is 19.9 Å². The number of aromatic nitrogens is 4. The Morgan fingerprint density at radius 3 is 2.59 bits per heavy atom. The van der Waals surface area contributed by atoms with Crippen LogP contribution in [0.1, 0.15) is 50.4 Å². The van der Waals surface area contributed by atoms with Crippen molar-refractivity contribution in [3.8, 4) is 11.3 Å². The third-order valence-electron chi connectivity index (χ3n) is 7.58. The van der Waals surface area contributed by atoms with Crippen LogP contribution >= 0.6 is 11.6 Å². The summed E-state index contributed by atoms with van der Waals surface area (Å²) in [7, 11) is 1.77. The summed E-state index contributed by atoms with van der Waals surface area (Å²) in [5.41, 5.74) is -0.567. The van der Waals surface area contributed by atoms with Crippen molar-refractivity contribution in [2.24, 2.45) is 23.9 Å². The van der Waals surface area contributed by atoms with Gasteiger partial charge in [0.15, 0.2) is 5.82 Å². The van der Waals surface area contributed by atoms with Crippen molar-refractivity contribution in [2.75, 3.05) is 11.9 Å². The molecule has 2 aliphatic heterocycles. The standard InChI is InChI=1S/C28H27ClF4N6O2/c1-14-5-4-6-22(19-9-16(15(2)11-34-19)26-21(37-27(14)41)12-36-38(26)3)39-13-35-20(10-23(39)40)24-17(28(31,32)33)7-8-18(29)25(24)30/h7-10,12-15,22H,4-6,11H2,1-3H3,(H,37,41)/t14-,15?,22+/m1/s1. The van der Waals surface area contributed by atoms with Gasteiger partial charge in [0.05, 0.1) is 51.9 Å². The number of carbonyl (C=O) groups excluding carboxylic acids is 1. The van der Waals surface area contributed by atoms with E-state index in [0.29, 0.717) is 43.3 Å². The summed E-state index contributed by atoms with van der Waals surface area (Å²) in [6, 6.07) is 1.74. The molecule has 8 nitrogen and oxygen atoms in total. The molecule has 2 bridgehead atoms. The number of halogens is 5. The molecule has 4 heterocycles. The third kappa shape index (κ3) is 5.44. The van der Waals surface area contributed by atoms with Gasteiger partial charge in [-0.15, -0.1) is 0 Å². The largest absolute Gasteiger partial charge is 0.417 e. The van der Waals surface area contributed by atoms with Crippen molar-refractivity contribution in [3.63, 3.8) is 0 Å². The molecule has 1 aromatic carbocycles. The Kier molecular flexibility index (Phi) is 7.62. The van der Waals surface area contributed by atoms with Crippen molar-refractivity contribution in [2.45, 2.75) is 45.3 Å². The maximum Gasteiger partial charge on any atom is 0.417 e. The molecular weight excluding hydrogens is 564 g/mol. The van der Waals surface area contributed by atoms with Crippen LogP contribution in [0.15, 0.2) is 46.6 Å². The van der Waals surface area contributed by atoms with Crippen LogP contribution in [0.3, 0.4) is 0 Å². The van der Waals surface area contributed by atoms with E-state index in [-0.39, 0.29) is 17.7 Å². The molecule has 0 saturated carbocycles. The smallest absolute Gasteiger partial charge is 0.323 e. The number of allylic oxidation sites excluding steroid dienone is 1. The van der Waals surface area contributed by atoms with Gasteiger partial charge in [0.25, 0.3) is 5.56 Å². The van der Waals surface area contributed by atoms with Crippen molar-refractivity contribution in [1.82, 2.24) is 19.3 Å². The van der Waals surface area contributed by atoms with Crippen molar-refractivity contribution >= 4 is 34.5 Å². The fraction of sp³-hybridized carbons (Fsp3) is 0.393. The predicted octanol–water partition coefficient (Wildman–Crippen LogP) is 5.93. The second kappa shape index (κ2) is 10.9. The first-order chi connectivity index (χ1) is 19.4. The lowest BCUT2D eigenvalue weighted by Gasteiger charge is -2.28. The monoisotopic (exact) mass is 590 g/mol. The number of hydrogen-bond acceptors (Lipinski definition) is 5. The molecule has 1 amide bonds. The Hall–Kier alpha value is -3.80. The van der Waals surface area contributed by atoms with Gasteiger partial charge in [0.1, 0.15) is 0 Å². The van der Waals surface area contributed by atoms with Gasteiger partial charge in [-0.1, -0.05) is 31.9 Å². The number of benzene rings is 1. The van der Waals surface area contributed by atoms with E-state index < -0.39 is 45.4 Å². The van der Waals surface area contributed by atoms with Crippen LogP contribution in [0.25, 0.3) is 16.8 Å². The number of dihydropyridines is 1. The van der Waals surface area contributed by atoms with Gasteiger partial charge in [0.2, 0.25) is 5.91 Å². The van der Waals surface area contributed by atoms with E-state index >= 15 is 0 Å². The molecule has 0 spiro atoms. The maximum atomic E-state index is 14.9. The lowest BCUT2D eigenvalue weighted by molar-refractivity contribution is -0.137. The number of nitrogens with one attached hydrogen (secondary N) is 1. The van der Waals surface area contributed by atoms with Crippen molar-refractivity contribution < 1.29 is 22.4 Å². The minimum absolute atomic E-state index is 0.0189. The molecule has 0 radical (unpaired) electrons. The minimum atomic E-state index is -4.90. The molecule has 0 fully saturated rings. The zero-order valence-corrected chi connectivity index (χ0v) is 23.2. The highest BCUT2D eigenvalue weighted by Gasteiger charge is 2.36. The molecule has 0 aliphatic carbocycles. The summed E-state index contributed by atoms with van der Waals surface area (Å²) in [5.74, 6) is -1.81. The van der Waals surface area contributed by atoms with Crippen LogP contribution in [-0.2, 0) is 18.0 Å². The topological polar surface area (TPSA) is 94.2 Å². The van der Waals surface area contributed by atoms with Crippen LogP contribution in [0.4, 0.5) is 23.2 Å². The number of alkyl halides is 3. The number of hydrogen-bond donors (Lipinski definition) is 1. The second-order valence-electron chi connectivity index (χ2n) is 10.4. The molecule has 3 aromatic rings. The number of fused-ring (bicyclic) bond motifs is 3. The van der Waals surface area contributed by atoms with Gasteiger partial charge in [0, 0.05) is 37.1 Å². The maximum absolute atomic E-state index is 14.9. The number of anilines is 1. The predicted molar refractivity (Wildman–Crippen MR) is 147 cm³/mol. The molecule has 5 rings (SSSR count). The molecule has 13 heteroatoms. The zero-order chi connectivity index (χ0) is 29.6. The Morgan fingerprint density at radius 1 is 1.12 bits per heavy atom. The van der Waals surface area contributed by atoms with Crippen LogP contribution in [0, 0.1) is 17.7 Å². The number of amides is 1. The van der Waals surface area contributed by atoms with Crippen LogP contribution in [-0.4, -0.2) is 37.5 Å². The summed E-state index contributed by atoms with van der Waals surface area (Å²) >= 11 is 5.79. The van der Waals surface area contributed by atoms with Crippen LogP contribution in [0.2, 0.25) is 5.02 Å². The van der Waals surface area contributed by atoms with E-state index in [4.69, 9.17) is 16.6 Å². The fourth-order valence-corrected chi connectivity index (χ4v) is 5.47. The summed E-state index contributed by atoms with van der Waals surface area (Å²) in [6.45, 7) is 4.22. The molecule has 2 aromatic heterocycles. The molecule has 1 N–H and O–H groups in total. The van der Waals surface area contributed by atoms with E-state index in [9.17, 15) is 27.2 Å². The van der Waals surface area contributed by atoms with Crippen LogP contribution in [0.5, 0.6) is 0 Å². The number of aliphatic imine (C=N–C) groups is 1. The number of aryl methyl sites for hydroxylation is 1. The lowest BCUT2D eigenvalue weighted by Crippen LogP contribution is -2.32. The first-order valence-electron chi connectivity index (χ1n) is 13.1. The summed E-state index contributed by atoms with van der Waals surface area (Å²) in [5, 5.41) is 6.80. The average Bonchev–Trinajstić information content (AvgIpc) is 3.26. The zero-order valence-electron chi connectivity index (χ0n) is 22.5. The quantitative estimate of drug-likeness (QED) is 0.374. The van der Waals surface area contributed by atoms with E-state index in [1.54, 1.807) is 17.9 Å². The highest BCUT2D eigenvalue weighted by Crippen LogP contribution is 2.40. The summed E-state index contributed by atoms with van der Waals surface area (Å²) in [6.07, 6.45) is 1.16. The van der Waals surface area contributed by atoms with Gasteiger partial charge in [-0.2, -0.15) is 18.3 Å². The Bertz CT molecular complexity index is 1640. The van der Waals surface area contributed by atoms with Gasteiger partial charge in [-0.25, -0.2) is 9.37 Å². The van der Waals surface area contributed by atoms with Gasteiger partial charge in [-0.05, 0) is 36.6 Å². The van der Waals surface area contributed by atoms with E-state index in [2.05, 4.69) is 15.4 Å². The minimum Gasteiger partial charge on any atom is -0.323 e. The Labute approximate surface area is 237 Å². The fourth-order valence-electron chi connectivity index (χ4n) is 5.31. The third-order valence-corrected chi connectivity index (χ3v) is 7.88. The SMILES string of the molecule is CC1CN=C2C=C1c1c(cnn1C)NC(=O)[C@H](C)CCC[C@@H]2n1cnc(-c2c(C(F)(F)F)ccc(Cl)c2F)cc1=O.